The quantitative estimate of drug-likeness (QED) is 0.173. The van der Waals surface area contributed by atoms with Crippen LogP contribution in [-0.4, -0.2) is 72.6 Å². The summed E-state index contributed by atoms with van der Waals surface area (Å²) in [6, 6.07) is 1.58. The molecule has 1 aromatic carbocycles. The molecule has 222 valence electrons. The number of ether oxygens (including phenoxy) is 5. The van der Waals surface area contributed by atoms with E-state index in [1.807, 2.05) is 0 Å². The van der Waals surface area contributed by atoms with Crippen LogP contribution in [0.5, 0.6) is 17.2 Å². The Morgan fingerprint density at radius 3 is 2.00 bits per heavy atom. The van der Waals surface area contributed by atoms with Gasteiger partial charge in [-0.1, -0.05) is 78.1 Å². The maximum absolute atomic E-state index is 13.1. The minimum absolute atomic E-state index is 0.202. The van der Waals surface area contributed by atoms with Crippen LogP contribution in [0.4, 0.5) is 0 Å². The normalized spacial score (nSPS) is 24.1. The first-order valence-electron chi connectivity index (χ1n) is 14.8. The number of aliphatic hydroxyl groups excluding tert-OH is 3. The van der Waals surface area contributed by atoms with Crippen molar-refractivity contribution >= 4 is 5.97 Å². The molecule has 9 nitrogen and oxygen atoms in total. The predicted molar refractivity (Wildman–Crippen MR) is 147 cm³/mol. The van der Waals surface area contributed by atoms with Gasteiger partial charge in [0.05, 0.1) is 32.5 Å². The Hall–Kier alpha value is -2.07. The van der Waals surface area contributed by atoms with E-state index in [1.54, 1.807) is 6.07 Å². The smallest absolute Gasteiger partial charge is 0.339 e. The molecular weight excluding hydrogens is 504 g/mol. The van der Waals surface area contributed by atoms with Gasteiger partial charge in [0.1, 0.15) is 24.4 Å². The summed E-state index contributed by atoms with van der Waals surface area (Å²) in [6.45, 7) is 4.73. The minimum atomic E-state index is -1.43. The maximum atomic E-state index is 13.1. The fraction of sp³-hybridized carbons (Fsp3) is 0.767. The summed E-state index contributed by atoms with van der Waals surface area (Å²) in [7, 11) is 1.52. The average molecular weight is 553 g/mol. The molecule has 0 unspecified atom stereocenters. The zero-order valence-corrected chi connectivity index (χ0v) is 23.9. The Morgan fingerprint density at radius 1 is 0.821 bits per heavy atom. The number of carbonyl (C=O) groups excluding carboxylic acids is 1. The molecule has 1 saturated heterocycles. The van der Waals surface area contributed by atoms with Crippen LogP contribution in [0.25, 0.3) is 0 Å². The fourth-order valence-corrected chi connectivity index (χ4v) is 5.29. The number of esters is 1. The molecule has 0 aliphatic carbocycles. The van der Waals surface area contributed by atoms with Crippen LogP contribution in [-0.2, 0) is 9.47 Å². The van der Waals surface area contributed by atoms with Crippen LogP contribution >= 0.6 is 0 Å². The van der Waals surface area contributed by atoms with Gasteiger partial charge in [-0.15, -0.1) is 0 Å². The lowest BCUT2D eigenvalue weighted by Gasteiger charge is -2.44. The molecule has 0 spiro atoms. The van der Waals surface area contributed by atoms with E-state index in [4.69, 9.17) is 23.7 Å². The summed E-state index contributed by atoms with van der Waals surface area (Å²) in [4.78, 5) is 13.1. The van der Waals surface area contributed by atoms with E-state index in [-0.39, 0.29) is 5.56 Å². The topological polar surface area (TPSA) is 124 Å². The van der Waals surface area contributed by atoms with E-state index < -0.39 is 43.1 Å². The van der Waals surface area contributed by atoms with Gasteiger partial charge in [-0.3, -0.25) is 0 Å². The average Bonchev–Trinajstić information content (AvgIpc) is 2.94. The van der Waals surface area contributed by atoms with Crippen LogP contribution in [0.1, 0.15) is 113 Å². The molecule has 0 radical (unpaired) electrons. The van der Waals surface area contributed by atoms with E-state index in [0.29, 0.717) is 36.0 Å². The summed E-state index contributed by atoms with van der Waals surface area (Å²) >= 11 is 0. The zero-order chi connectivity index (χ0) is 28.2. The summed E-state index contributed by atoms with van der Waals surface area (Å²) in [5, 5.41) is 30.8. The monoisotopic (exact) mass is 552 g/mol. The van der Waals surface area contributed by atoms with E-state index in [9.17, 15) is 20.1 Å². The first-order valence-corrected chi connectivity index (χ1v) is 14.8. The fourth-order valence-electron chi connectivity index (χ4n) is 5.29. The molecule has 0 bridgehead atoms. The van der Waals surface area contributed by atoms with Crippen molar-refractivity contribution in [3.63, 3.8) is 0 Å². The summed E-state index contributed by atoms with van der Waals surface area (Å²) in [5.41, 5.74) is 0.587. The number of fused-ring (bicyclic) bond motifs is 3. The lowest BCUT2D eigenvalue weighted by atomic mass is 9.86. The van der Waals surface area contributed by atoms with Crippen molar-refractivity contribution in [1.82, 2.24) is 0 Å². The number of aliphatic hydroxyl groups is 3. The Bertz CT molecular complexity index is 890. The summed E-state index contributed by atoms with van der Waals surface area (Å²) in [6.07, 6.45) is 7.26. The highest BCUT2D eigenvalue weighted by Gasteiger charge is 2.52. The van der Waals surface area contributed by atoms with Gasteiger partial charge < -0.3 is 39.0 Å². The molecule has 0 saturated carbocycles. The standard InChI is InChI=1S/C30H48O9/c1-4-6-8-10-12-14-16-36-21-18-20-23(27(26(21)35-3)37-17-15-13-11-9-7-5-2)28-29(39-30(20)34)25(33)24(32)22(19-31)38-28/h18,22,24-25,28-29,31-33H,4-17,19H2,1-3H3/t22-,24-,25+,28+,29-/m1/s1. The van der Waals surface area contributed by atoms with Crippen molar-refractivity contribution in [3.05, 3.63) is 17.2 Å². The molecular formula is C30H48O9. The van der Waals surface area contributed by atoms with Gasteiger partial charge in [-0.25, -0.2) is 4.79 Å². The molecule has 2 aliphatic heterocycles. The number of benzene rings is 1. The van der Waals surface area contributed by atoms with Crippen molar-refractivity contribution in [1.29, 1.82) is 0 Å². The highest BCUT2D eigenvalue weighted by Crippen LogP contribution is 2.51. The van der Waals surface area contributed by atoms with Gasteiger partial charge in [0.15, 0.2) is 17.6 Å². The van der Waals surface area contributed by atoms with Crippen LogP contribution in [0.2, 0.25) is 0 Å². The van der Waals surface area contributed by atoms with Gasteiger partial charge in [-0.05, 0) is 18.9 Å². The molecule has 0 amide bonds. The Balaban J connectivity index is 1.86. The molecule has 3 rings (SSSR count). The highest BCUT2D eigenvalue weighted by atomic mass is 16.6. The second kappa shape index (κ2) is 16.3. The second-order valence-electron chi connectivity index (χ2n) is 10.6. The van der Waals surface area contributed by atoms with Crippen LogP contribution < -0.4 is 14.2 Å². The third kappa shape index (κ3) is 7.99. The van der Waals surface area contributed by atoms with Crippen LogP contribution in [0.15, 0.2) is 6.07 Å². The van der Waals surface area contributed by atoms with E-state index in [1.165, 1.54) is 45.6 Å². The molecule has 5 atom stereocenters. The number of methoxy groups -OCH3 is 1. The number of hydrogen-bond acceptors (Lipinski definition) is 9. The van der Waals surface area contributed by atoms with Gasteiger partial charge in [0.25, 0.3) is 0 Å². The van der Waals surface area contributed by atoms with Crippen molar-refractivity contribution in [2.24, 2.45) is 0 Å². The molecule has 1 fully saturated rings. The Labute approximate surface area is 232 Å². The van der Waals surface area contributed by atoms with Crippen LogP contribution in [0.3, 0.4) is 0 Å². The van der Waals surface area contributed by atoms with E-state index in [2.05, 4.69) is 13.8 Å². The summed E-state index contributed by atoms with van der Waals surface area (Å²) in [5.74, 6) is 0.380. The van der Waals surface area contributed by atoms with Gasteiger partial charge in [-0.2, -0.15) is 0 Å². The first kappa shape index (κ1) is 31.5. The number of unbranched alkanes of at least 4 members (excludes halogenated alkanes) is 10. The van der Waals surface area contributed by atoms with Gasteiger partial charge >= 0.3 is 5.97 Å². The zero-order valence-electron chi connectivity index (χ0n) is 23.9. The molecule has 0 aromatic heterocycles. The number of hydrogen-bond donors (Lipinski definition) is 3. The van der Waals surface area contributed by atoms with Crippen molar-refractivity contribution < 1.29 is 43.8 Å². The van der Waals surface area contributed by atoms with E-state index in [0.717, 1.165) is 38.5 Å². The third-order valence-corrected chi connectivity index (χ3v) is 7.56. The second-order valence-corrected chi connectivity index (χ2v) is 10.6. The molecule has 2 aliphatic rings. The minimum Gasteiger partial charge on any atom is -0.490 e. The van der Waals surface area contributed by atoms with Gasteiger partial charge in [0, 0.05) is 5.56 Å². The number of rotatable bonds is 18. The number of carbonyl (C=O) groups is 1. The SMILES string of the molecule is CCCCCCCCOc1cc2c(c(OCCCCCCCC)c1OC)[C@@H]1O[C@H](CO)[C@@H](O)[C@H](O)[C@H]1OC2=O. The van der Waals surface area contributed by atoms with Crippen molar-refractivity contribution in [3.8, 4) is 17.2 Å². The summed E-state index contributed by atoms with van der Waals surface area (Å²) < 4.78 is 29.6. The molecule has 3 N–H and O–H groups in total. The highest BCUT2D eigenvalue weighted by molar-refractivity contribution is 5.95. The third-order valence-electron chi connectivity index (χ3n) is 7.56. The molecule has 39 heavy (non-hydrogen) atoms. The lowest BCUT2D eigenvalue weighted by Crippen LogP contribution is -2.58. The molecule has 9 heteroatoms. The van der Waals surface area contributed by atoms with E-state index >= 15 is 0 Å². The molecule has 1 aromatic rings. The van der Waals surface area contributed by atoms with Crippen molar-refractivity contribution in [2.75, 3.05) is 26.9 Å². The first-order chi connectivity index (χ1) is 19.0. The Kier molecular flexibility index (Phi) is 13.1. The predicted octanol–water partition coefficient (Wildman–Crippen LogP) is 4.87. The van der Waals surface area contributed by atoms with Crippen LogP contribution in [0, 0.1) is 0 Å². The Morgan fingerprint density at radius 2 is 1.41 bits per heavy atom. The largest absolute Gasteiger partial charge is 0.490 e. The van der Waals surface area contributed by atoms with Crippen molar-refractivity contribution in [2.45, 2.75) is 121 Å². The maximum Gasteiger partial charge on any atom is 0.339 e. The van der Waals surface area contributed by atoms with Gasteiger partial charge in [0.2, 0.25) is 5.75 Å². The lowest BCUT2D eigenvalue weighted by molar-refractivity contribution is -0.235. The molecule has 2 heterocycles.